The van der Waals surface area contributed by atoms with Crippen molar-refractivity contribution in [2.45, 2.75) is 18.9 Å². The van der Waals surface area contributed by atoms with Crippen molar-refractivity contribution in [3.8, 4) is 23.0 Å². The number of likely N-dealkylation sites (N-methyl/N-ethyl adjacent to an activating group) is 1. The number of phenolic OH excluding ortho intramolecular Hbond substituents is 2. The highest BCUT2D eigenvalue weighted by Crippen LogP contribution is 2.42. The van der Waals surface area contributed by atoms with Crippen molar-refractivity contribution in [3.63, 3.8) is 0 Å². The van der Waals surface area contributed by atoms with Gasteiger partial charge in [0.05, 0.1) is 27.8 Å². The minimum atomic E-state index is -0.425. The Morgan fingerprint density at radius 3 is 2.40 bits per heavy atom. The first-order valence-corrected chi connectivity index (χ1v) is 8.17. The lowest BCUT2D eigenvalue weighted by atomic mass is 9.88. The standard InChI is InChI=1S/C19H23NO5/c1-20(23)7-6-13-10-19(25-3)17(22)11-14(13)15(20)8-12-4-5-18(24-2)16(21)9-12/h4-5,9-11,15,21-22H,6-8H2,1-3H3/t15-,20+/m0/s1. The Labute approximate surface area is 147 Å². The molecule has 2 aromatic carbocycles. The quantitative estimate of drug-likeness (QED) is 0.658. The molecule has 0 aromatic heterocycles. The number of fused-ring (bicyclic) bond motifs is 1. The largest absolute Gasteiger partial charge is 0.633 e. The molecule has 0 aliphatic carbocycles. The van der Waals surface area contributed by atoms with E-state index in [1.807, 2.05) is 12.1 Å². The van der Waals surface area contributed by atoms with Crippen LogP contribution in [0.2, 0.25) is 0 Å². The molecule has 0 fully saturated rings. The highest BCUT2D eigenvalue weighted by Gasteiger charge is 2.34. The number of hydrogen-bond acceptors (Lipinski definition) is 5. The first-order valence-electron chi connectivity index (χ1n) is 8.17. The second-order valence-electron chi connectivity index (χ2n) is 6.60. The molecule has 25 heavy (non-hydrogen) atoms. The molecule has 3 rings (SSSR count). The summed E-state index contributed by atoms with van der Waals surface area (Å²) in [5.74, 6) is 0.899. The molecule has 0 unspecified atom stereocenters. The van der Waals surface area contributed by atoms with Crippen LogP contribution in [0.25, 0.3) is 0 Å². The fourth-order valence-electron chi connectivity index (χ4n) is 3.50. The van der Waals surface area contributed by atoms with Gasteiger partial charge in [0.1, 0.15) is 6.04 Å². The monoisotopic (exact) mass is 345 g/mol. The zero-order valence-corrected chi connectivity index (χ0v) is 14.7. The van der Waals surface area contributed by atoms with Crippen molar-refractivity contribution in [3.05, 3.63) is 52.2 Å². The Bertz CT molecular complexity index is 788. The molecule has 2 N–H and O–H groups in total. The molecule has 0 saturated carbocycles. The average molecular weight is 345 g/mol. The van der Waals surface area contributed by atoms with Crippen LogP contribution in [-0.4, -0.2) is 42.7 Å². The molecule has 2 aromatic rings. The fraction of sp³-hybridized carbons (Fsp3) is 0.368. The van der Waals surface area contributed by atoms with Gasteiger partial charge in [-0.3, -0.25) is 0 Å². The van der Waals surface area contributed by atoms with E-state index in [9.17, 15) is 15.4 Å². The maximum Gasteiger partial charge on any atom is 0.160 e. The Balaban J connectivity index is 2.00. The summed E-state index contributed by atoms with van der Waals surface area (Å²) in [6, 6.07) is 8.23. The molecule has 1 heterocycles. The van der Waals surface area contributed by atoms with Gasteiger partial charge < -0.3 is 29.5 Å². The summed E-state index contributed by atoms with van der Waals surface area (Å²) in [6.45, 7) is 0.452. The number of phenols is 2. The molecule has 0 bridgehead atoms. The first-order chi connectivity index (χ1) is 11.9. The van der Waals surface area contributed by atoms with E-state index in [-0.39, 0.29) is 17.5 Å². The van der Waals surface area contributed by atoms with Gasteiger partial charge in [0.25, 0.3) is 0 Å². The summed E-state index contributed by atoms with van der Waals surface area (Å²) in [7, 11) is 4.65. The number of hydroxylamine groups is 3. The topological polar surface area (TPSA) is 82.0 Å². The Morgan fingerprint density at radius 2 is 1.76 bits per heavy atom. The van der Waals surface area contributed by atoms with Crippen LogP contribution in [0.3, 0.4) is 0 Å². The minimum Gasteiger partial charge on any atom is -0.633 e. The van der Waals surface area contributed by atoms with E-state index >= 15 is 0 Å². The third kappa shape index (κ3) is 3.23. The van der Waals surface area contributed by atoms with Gasteiger partial charge >= 0.3 is 0 Å². The van der Waals surface area contributed by atoms with Crippen molar-refractivity contribution in [2.75, 3.05) is 27.8 Å². The van der Waals surface area contributed by atoms with Crippen LogP contribution in [0.1, 0.15) is 22.7 Å². The lowest BCUT2D eigenvalue weighted by Gasteiger charge is -2.49. The highest BCUT2D eigenvalue weighted by atomic mass is 16.5. The number of quaternary nitrogens is 1. The van der Waals surface area contributed by atoms with Crippen LogP contribution in [0.4, 0.5) is 0 Å². The van der Waals surface area contributed by atoms with Crippen LogP contribution in [0.5, 0.6) is 23.0 Å². The summed E-state index contributed by atoms with van der Waals surface area (Å²) >= 11 is 0. The predicted molar refractivity (Wildman–Crippen MR) is 93.9 cm³/mol. The zero-order valence-electron chi connectivity index (χ0n) is 14.7. The van der Waals surface area contributed by atoms with Crippen LogP contribution in [0.15, 0.2) is 30.3 Å². The summed E-state index contributed by atoms with van der Waals surface area (Å²) in [4.78, 5) is 0. The maximum atomic E-state index is 13.0. The van der Waals surface area contributed by atoms with E-state index < -0.39 is 4.65 Å². The van der Waals surface area contributed by atoms with Gasteiger partial charge in [-0.05, 0) is 35.4 Å². The van der Waals surface area contributed by atoms with Crippen molar-refractivity contribution >= 4 is 0 Å². The molecule has 1 aliphatic rings. The lowest BCUT2D eigenvalue weighted by Crippen LogP contribution is -2.47. The molecule has 1 aliphatic heterocycles. The van der Waals surface area contributed by atoms with Crippen LogP contribution in [-0.2, 0) is 12.8 Å². The van der Waals surface area contributed by atoms with Crippen molar-refractivity contribution in [1.82, 2.24) is 0 Å². The smallest absolute Gasteiger partial charge is 0.160 e. The van der Waals surface area contributed by atoms with Gasteiger partial charge in [-0.1, -0.05) is 6.07 Å². The molecular formula is C19H23NO5. The summed E-state index contributed by atoms with van der Waals surface area (Å²) < 4.78 is 9.82. The molecule has 2 atom stereocenters. The fourth-order valence-corrected chi connectivity index (χ4v) is 3.50. The van der Waals surface area contributed by atoms with E-state index in [2.05, 4.69) is 0 Å². The molecule has 0 amide bonds. The molecular weight excluding hydrogens is 322 g/mol. The number of aromatic hydroxyl groups is 2. The second-order valence-corrected chi connectivity index (χ2v) is 6.60. The summed E-state index contributed by atoms with van der Waals surface area (Å²) in [5, 5.41) is 33.2. The van der Waals surface area contributed by atoms with Gasteiger partial charge in [-0.2, -0.15) is 0 Å². The number of methoxy groups -OCH3 is 2. The van der Waals surface area contributed by atoms with E-state index in [1.54, 1.807) is 25.2 Å². The van der Waals surface area contributed by atoms with Gasteiger partial charge in [0.15, 0.2) is 23.0 Å². The molecule has 0 spiro atoms. The first kappa shape index (κ1) is 17.4. The van der Waals surface area contributed by atoms with Gasteiger partial charge in [0, 0.05) is 18.4 Å². The van der Waals surface area contributed by atoms with E-state index in [0.29, 0.717) is 30.9 Å². The third-order valence-corrected chi connectivity index (χ3v) is 4.96. The van der Waals surface area contributed by atoms with Gasteiger partial charge in [-0.15, -0.1) is 0 Å². The zero-order chi connectivity index (χ0) is 18.2. The predicted octanol–water partition coefficient (Wildman–Crippen LogP) is 2.90. The number of rotatable bonds is 4. The number of nitrogens with zero attached hydrogens (tertiary/aromatic N) is 1. The SMILES string of the molecule is COc1ccc(C[C@H]2c3cc(O)c(OC)cc3CC[N@@+]2(C)[O-])cc1O. The van der Waals surface area contributed by atoms with Crippen LogP contribution >= 0.6 is 0 Å². The van der Waals surface area contributed by atoms with E-state index in [4.69, 9.17) is 9.47 Å². The Hall–Kier alpha value is -2.44. The second kappa shape index (κ2) is 6.46. The maximum absolute atomic E-state index is 13.0. The third-order valence-electron chi connectivity index (χ3n) is 4.96. The number of ether oxygens (including phenoxy) is 2. The molecule has 0 saturated heterocycles. The van der Waals surface area contributed by atoms with Gasteiger partial charge in [-0.25, -0.2) is 0 Å². The molecule has 134 valence electrons. The van der Waals surface area contributed by atoms with Crippen LogP contribution < -0.4 is 9.47 Å². The van der Waals surface area contributed by atoms with Crippen molar-refractivity contribution < 1.29 is 24.3 Å². The van der Waals surface area contributed by atoms with E-state index in [0.717, 1.165) is 16.7 Å². The lowest BCUT2D eigenvalue weighted by molar-refractivity contribution is -0.894. The molecule has 0 radical (unpaired) electrons. The van der Waals surface area contributed by atoms with Crippen LogP contribution in [0, 0.1) is 5.21 Å². The highest BCUT2D eigenvalue weighted by molar-refractivity contribution is 5.49. The van der Waals surface area contributed by atoms with Crippen molar-refractivity contribution in [1.29, 1.82) is 0 Å². The summed E-state index contributed by atoms with van der Waals surface area (Å²) in [5.41, 5.74) is 2.69. The molecule has 6 heteroatoms. The number of benzene rings is 2. The average Bonchev–Trinajstić information content (AvgIpc) is 2.57. The summed E-state index contributed by atoms with van der Waals surface area (Å²) in [6.07, 6.45) is 1.09. The van der Waals surface area contributed by atoms with E-state index in [1.165, 1.54) is 14.2 Å². The Morgan fingerprint density at radius 1 is 1.08 bits per heavy atom. The normalized spacial score (nSPS) is 22.3. The minimum absolute atomic E-state index is 0.0331. The Kier molecular flexibility index (Phi) is 4.49. The van der Waals surface area contributed by atoms with Crippen molar-refractivity contribution in [2.24, 2.45) is 0 Å². The molecule has 6 nitrogen and oxygen atoms in total. The number of hydrogen-bond donors (Lipinski definition) is 2. The van der Waals surface area contributed by atoms with Gasteiger partial charge in [0.2, 0.25) is 0 Å².